The zero-order valence-corrected chi connectivity index (χ0v) is 10.1. The van der Waals surface area contributed by atoms with Crippen molar-refractivity contribution in [2.24, 2.45) is 0 Å². The van der Waals surface area contributed by atoms with Gasteiger partial charge in [-0.2, -0.15) is 0 Å². The van der Waals surface area contributed by atoms with Gasteiger partial charge in [-0.25, -0.2) is 9.37 Å². The highest BCUT2D eigenvalue weighted by molar-refractivity contribution is 6.32. The molecule has 1 saturated heterocycles. The van der Waals surface area contributed by atoms with Crippen LogP contribution < -0.4 is 0 Å². The highest BCUT2D eigenvalue weighted by Gasteiger charge is 2.26. The first kappa shape index (κ1) is 12.3. The van der Waals surface area contributed by atoms with Crippen LogP contribution in [-0.4, -0.2) is 42.1 Å². The van der Waals surface area contributed by atoms with Gasteiger partial charge in [0.15, 0.2) is 0 Å². The number of carbonyl (C=O) groups is 1. The molecule has 17 heavy (non-hydrogen) atoms. The van der Waals surface area contributed by atoms with Crippen molar-refractivity contribution in [3.63, 3.8) is 0 Å². The molecular formula is C11H12ClFN2O2. The first-order valence-electron chi connectivity index (χ1n) is 5.25. The summed E-state index contributed by atoms with van der Waals surface area (Å²) in [4.78, 5) is 17.2. The van der Waals surface area contributed by atoms with E-state index in [4.69, 9.17) is 16.3 Å². The number of amides is 1. The molecule has 1 amide bonds. The van der Waals surface area contributed by atoms with Crippen molar-refractivity contribution in [2.45, 2.75) is 12.5 Å². The quantitative estimate of drug-likeness (QED) is 0.759. The minimum absolute atomic E-state index is 0.0156. The molecule has 6 heteroatoms. The van der Waals surface area contributed by atoms with Gasteiger partial charge in [0.2, 0.25) is 0 Å². The van der Waals surface area contributed by atoms with Crippen LogP contribution in [0.25, 0.3) is 0 Å². The van der Waals surface area contributed by atoms with Crippen LogP contribution in [0, 0.1) is 5.82 Å². The molecule has 92 valence electrons. The zero-order valence-electron chi connectivity index (χ0n) is 9.32. The van der Waals surface area contributed by atoms with Gasteiger partial charge >= 0.3 is 0 Å². The molecule has 0 N–H and O–H groups in total. The topological polar surface area (TPSA) is 42.4 Å². The summed E-state index contributed by atoms with van der Waals surface area (Å²) in [6.45, 7) is 1.14. The van der Waals surface area contributed by atoms with Crippen LogP contribution in [0.3, 0.4) is 0 Å². The largest absolute Gasteiger partial charge is 0.379 e. The molecule has 1 aliphatic rings. The summed E-state index contributed by atoms with van der Waals surface area (Å²) in [6.07, 6.45) is 1.76. The van der Waals surface area contributed by atoms with Crippen molar-refractivity contribution in [3.8, 4) is 0 Å². The summed E-state index contributed by atoms with van der Waals surface area (Å²) < 4.78 is 18.2. The van der Waals surface area contributed by atoms with E-state index in [1.165, 1.54) is 4.90 Å². The number of carbonyl (C=O) groups excluding carboxylic acids is 1. The summed E-state index contributed by atoms with van der Waals surface area (Å²) in [6, 6.07) is 1.12. The third-order valence-corrected chi connectivity index (χ3v) is 3.11. The number of nitrogens with zero attached hydrogens (tertiary/aromatic N) is 2. The Kier molecular flexibility index (Phi) is 3.59. The first-order chi connectivity index (χ1) is 8.09. The summed E-state index contributed by atoms with van der Waals surface area (Å²) in [7, 11) is 1.66. The van der Waals surface area contributed by atoms with Crippen molar-refractivity contribution in [1.29, 1.82) is 0 Å². The van der Waals surface area contributed by atoms with Gasteiger partial charge in [0.1, 0.15) is 11.0 Å². The molecular weight excluding hydrogens is 247 g/mol. The SMILES string of the molecule is CN(C(=O)c1cc(F)cnc1Cl)C1CCOC1. The van der Waals surface area contributed by atoms with Gasteiger partial charge in [-0.05, 0) is 12.5 Å². The minimum atomic E-state index is -0.575. The Bertz CT molecular complexity index is 435. The molecule has 1 fully saturated rings. The van der Waals surface area contributed by atoms with Crippen LogP contribution in [0.1, 0.15) is 16.8 Å². The van der Waals surface area contributed by atoms with Crippen molar-refractivity contribution in [3.05, 3.63) is 28.8 Å². The average molecular weight is 259 g/mol. The van der Waals surface area contributed by atoms with Crippen LogP contribution in [0.2, 0.25) is 5.15 Å². The molecule has 0 saturated carbocycles. The van der Waals surface area contributed by atoms with Gasteiger partial charge in [-0.15, -0.1) is 0 Å². The van der Waals surface area contributed by atoms with Crippen molar-refractivity contribution >= 4 is 17.5 Å². The standard InChI is InChI=1S/C11H12ClFN2O2/c1-15(8-2-3-17-6-8)11(16)9-4-7(13)5-14-10(9)12/h4-5,8H,2-3,6H2,1H3. The molecule has 1 atom stereocenters. The van der Waals surface area contributed by atoms with E-state index in [9.17, 15) is 9.18 Å². The number of pyridine rings is 1. The molecule has 1 aromatic rings. The molecule has 0 aliphatic carbocycles. The Morgan fingerprint density at radius 2 is 2.47 bits per heavy atom. The minimum Gasteiger partial charge on any atom is -0.379 e. The first-order valence-corrected chi connectivity index (χ1v) is 5.63. The molecule has 1 aliphatic heterocycles. The smallest absolute Gasteiger partial charge is 0.257 e. The fraction of sp³-hybridized carbons (Fsp3) is 0.455. The van der Waals surface area contributed by atoms with E-state index in [0.717, 1.165) is 18.7 Å². The van der Waals surface area contributed by atoms with Crippen LogP contribution >= 0.6 is 11.6 Å². The third-order valence-electron chi connectivity index (χ3n) is 2.81. The van der Waals surface area contributed by atoms with Gasteiger partial charge < -0.3 is 9.64 Å². The number of hydrogen-bond acceptors (Lipinski definition) is 3. The number of halogens is 2. The third kappa shape index (κ3) is 2.56. The molecule has 0 spiro atoms. The van der Waals surface area contributed by atoms with Crippen molar-refractivity contribution < 1.29 is 13.9 Å². The number of aromatic nitrogens is 1. The Hall–Kier alpha value is -1.20. The lowest BCUT2D eigenvalue weighted by atomic mass is 10.2. The normalized spacial score (nSPS) is 19.4. The predicted octanol–water partition coefficient (Wildman–Crippen LogP) is 1.74. The van der Waals surface area contributed by atoms with Gasteiger partial charge in [0.05, 0.1) is 24.4 Å². The molecule has 2 heterocycles. The van der Waals surface area contributed by atoms with Gasteiger partial charge in [-0.3, -0.25) is 4.79 Å². The lowest BCUT2D eigenvalue weighted by Gasteiger charge is -2.23. The Balaban J connectivity index is 2.20. The average Bonchev–Trinajstić information content (AvgIpc) is 2.84. The maximum Gasteiger partial charge on any atom is 0.257 e. The maximum atomic E-state index is 13.0. The predicted molar refractivity (Wildman–Crippen MR) is 60.5 cm³/mol. The Labute approximate surface area is 103 Å². The Morgan fingerprint density at radius 1 is 1.71 bits per heavy atom. The van der Waals surface area contributed by atoms with Gasteiger partial charge in [0.25, 0.3) is 5.91 Å². The van der Waals surface area contributed by atoms with Gasteiger partial charge in [-0.1, -0.05) is 11.6 Å². The fourth-order valence-electron chi connectivity index (χ4n) is 1.76. The summed E-state index contributed by atoms with van der Waals surface area (Å²) in [5.74, 6) is -0.911. The van der Waals surface area contributed by atoms with Crippen LogP contribution in [0.15, 0.2) is 12.3 Å². The van der Waals surface area contributed by atoms with Crippen molar-refractivity contribution in [1.82, 2.24) is 9.88 Å². The second-order valence-electron chi connectivity index (χ2n) is 3.93. The molecule has 1 unspecified atom stereocenters. The molecule has 1 aromatic heterocycles. The zero-order chi connectivity index (χ0) is 12.4. The number of hydrogen-bond donors (Lipinski definition) is 0. The number of rotatable bonds is 2. The second kappa shape index (κ2) is 4.98. The van der Waals surface area contributed by atoms with E-state index in [-0.39, 0.29) is 22.7 Å². The van der Waals surface area contributed by atoms with Gasteiger partial charge in [0, 0.05) is 13.7 Å². The highest BCUT2D eigenvalue weighted by atomic mass is 35.5. The van der Waals surface area contributed by atoms with E-state index in [0.29, 0.717) is 13.2 Å². The number of ether oxygens (including phenoxy) is 1. The second-order valence-corrected chi connectivity index (χ2v) is 4.28. The van der Waals surface area contributed by atoms with Crippen LogP contribution in [0.5, 0.6) is 0 Å². The summed E-state index contributed by atoms with van der Waals surface area (Å²) in [5.41, 5.74) is 0.0843. The fourth-order valence-corrected chi connectivity index (χ4v) is 1.94. The molecule has 0 radical (unpaired) electrons. The molecule has 2 rings (SSSR count). The van der Waals surface area contributed by atoms with E-state index in [1.807, 2.05) is 0 Å². The monoisotopic (exact) mass is 258 g/mol. The van der Waals surface area contributed by atoms with E-state index in [1.54, 1.807) is 7.05 Å². The Morgan fingerprint density at radius 3 is 3.12 bits per heavy atom. The van der Waals surface area contributed by atoms with E-state index >= 15 is 0 Å². The summed E-state index contributed by atoms with van der Waals surface area (Å²) in [5, 5.41) is 0.0159. The molecule has 0 aromatic carbocycles. The van der Waals surface area contributed by atoms with Crippen molar-refractivity contribution in [2.75, 3.05) is 20.3 Å². The van der Waals surface area contributed by atoms with Crippen LogP contribution in [-0.2, 0) is 4.74 Å². The lowest BCUT2D eigenvalue weighted by Crippen LogP contribution is -2.37. The lowest BCUT2D eigenvalue weighted by molar-refractivity contribution is 0.0710. The van der Waals surface area contributed by atoms with E-state index < -0.39 is 5.82 Å². The highest BCUT2D eigenvalue weighted by Crippen LogP contribution is 2.19. The molecule has 4 nitrogen and oxygen atoms in total. The summed E-state index contributed by atoms with van der Waals surface area (Å²) >= 11 is 5.79. The number of likely N-dealkylation sites (N-methyl/N-ethyl adjacent to an activating group) is 1. The molecule has 0 bridgehead atoms. The van der Waals surface area contributed by atoms with E-state index in [2.05, 4.69) is 4.98 Å². The maximum absolute atomic E-state index is 13.0. The van der Waals surface area contributed by atoms with Crippen LogP contribution in [0.4, 0.5) is 4.39 Å².